The van der Waals surface area contributed by atoms with Crippen molar-refractivity contribution < 1.29 is 18.3 Å². The molecule has 1 N–H and O–H groups in total. The second kappa shape index (κ2) is 8.17. The van der Waals surface area contributed by atoms with Crippen molar-refractivity contribution in [3.63, 3.8) is 0 Å². The van der Waals surface area contributed by atoms with Crippen LogP contribution in [0.1, 0.15) is 21.6 Å². The number of para-hydroxylation sites is 1. The minimum absolute atomic E-state index is 0.163. The van der Waals surface area contributed by atoms with E-state index in [1.54, 1.807) is 18.2 Å². The zero-order valence-electron chi connectivity index (χ0n) is 13.7. The summed E-state index contributed by atoms with van der Waals surface area (Å²) in [6, 6.07) is 16.0. The number of ether oxygens (including phenoxy) is 1. The van der Waals surface area contributed by atoms with E-state index < -0.39 is 17.2 Å². The molecule has 3 aromatic rings. The summed E-state index contributed by atoms with van der Waals surface area (Å²) >= 11 is -1.51. The summed E-state index contributed by atoms with van der Waals surface area (Å²) in [5, 5.41) is 0. The molecular weight excluding hydrogens is 374 g/mol. The van der Waals surface area contributed by atoms with Crippen molar-refractivity contribution in [2.24, 2.45) is 0 Å². The Kier molecular flexibility index (Phi) is 5.71. The number of aromatic nitrogens is 2. The topological polar surface area (TPSA) is 92.6 Å². The Labute approximate surface area is 157 Å². The van der Waals surface area contributed by atoms with Crippen LogP contribution in [0, 0.1) is 0 Å². The van der Waals surface area contributed by atoms with Gasteiger partial charge >= 0.3 is 5.97 Å². The maximum atomic E-state index is 12.1. The maximum absolute atomic E-state index is 12.1. The fourth-order valence-corrected chi connectivity index (χ4v) is 3.69. The minimum atomic E-state index is -2.45. The van der Waals surface area contributed by atoms with E-state index in [9.17, 15) is 13.6 Å². The number of rotatable bonds is 6. The first kappa shape index (κ1) is 18.2. The molecule has 0 aliphatic carbocycles. The molecule has 0 radical (unpaired) electrons. The number of esters is 1. The molecule has 0 aliphatic heterocycles. The van der Waals surface area contributed by atoms with Gasteiger partial charge in [-0.1, -0.05) is 42.5 Å². The zero-order valence-corrected chi connectivity index (χ0v) is 15.4. The first-order valence-electron chi connectivity index (χ1n) is 7.55. The number of hydrogen-bond donors (Lipinski definition) is 1. The van der Waals surface area contributed by atoms with Crippen LogP contribution in [-0.4, -0.2) is 30.6 Å². The van der Waals surface area contributed by atoms with Crippen molar-refractivity contribution >= 4 is 40.5 Å². The molecule has 134 valence electrons. The van der Waals surface area contributed by atoms with Gasteiger partial charge < -0.3 is 4.74 Å². The van der Waals surface area contributed by atoms with Crippen LogP contribution < -0.4 is 4.31 Å². The number of carbonyl (C=O) groups excluding carboxylic acids is 1. The van der Waals surface area contributed by atoms with Gasteiger partial charge in [-0.25, -0.2) is 13.3 Å². The van der Waals surface area contributed by atoms with Crippen molar-refractivity contribution in [3.05, 3.63) is 71.4 Å². The van der Waals surface area contributed by atoms with Gasteiger partial charge in [0.15, 0.2) is 5.82 Å². The first-order chi connectivity index (χ1) is 12.6. The molecule has 1 aromatic heterocycles. The highest BCUT2D eigenvalue weighted by Crippen LogP contribution is 2.32. The molecule has 0 saturated heterocycles. The molecule has 7 nitrogen and oxygen atoms in total. The molecule has 0 spiro atoms. The van der Waals surface area contributed by atoms with Crippen LogP contribution in [0.3, 0.4) is 0 Å². The molecule has 0 fully saturated rings. The molecule has 2 aromatic carbocycles. The third kappa shape index (κ3) is 3.79. The van der Waals surface area contributed by atoms with Crippen LogP contribution in [0.5, 0.6) is 0 Å². The van der Waals surface area contributed by atoms with Gasteiger partial charge in [-0.3, -0.25) is 4.55 Å². The van der Waals surface area contributed by atoms with Gasteiger partial charge in [0.1, 0.15) is 5.69 Å². The number of carbonyl (C=O) groups is 1. The predicted octanol–water partition coefficient (Wildman–Crippen LogP) is 3.19. The first-order valence-corrected chi connectivity index (χ1v) is 9.35. The Balaban J connectivity index is 2.05. The Morgan fingerprint density at radius 1 is 1.15 bits per heavy atom. The largest absolute Gasteiger partial charge is 0.465 e. The molecule has 1 unspecified atom stereocenters. The molecule has 1 atom stereocenters. The van der Waals surface area contributed by atoms with Gasteiger partial charge in [-0.05, 0) is 17.7 Å². The van der Waals surface area contributed by atoms with Crippen LogP contribution in [0.25, 0.3) is 0 Å². The molecular formula is C17H15N3O4S2. The number of benzene rings is 2. The SMILES string of the molecule is COC(=O)c1ccccc1N(c1nsnc1Cc1ccccc1)S(=O)O. The normalized spacial score (nSPS) is 11.8. The average Bonchev–Trinajstić information content (AvgIpc) is 3.10. The van der Waals surface area contributed by atoms with Gasteiger partial charge in [-0.15, -0.1) is 0 Å². The average molecular weight is 389 g/mol. The highest BCUT2D eigenvalue weighted by atomic mass is 32.2. The molecule has 0 bridgehead atoms. The lowest BCUT2D eigenvalue weighted by Gasteiger charge is -2.20. The summed E-state index contributed by atoms with van der Waals surface area (Å²) < 4.78 is 36.3. The van der Waals surface area contributed by atoms with E-state index in [1.807, 2.05) is 30.3 Å². The second-order valence-electron chi connectivity index (χ2n) is 5.23. The zero-order chi connectivity index (χ0) is 18.5. The predicted molar refractivity (Wildman–Crippen MR) is 99.8 cm³/mol. The van der Waals surface area contributed by atoms with Gasteiger partial charge in [0.25, 0.3) is 11.3 Å². The van der Waals surface area contributed by atoms with E-state index in [1.165, 1.54) is 13.2 Å². The van der Waals surface area contributed by atoms with Crippen LogP contribution in [0.4, 0.5) is 11.5 Å². The van der Waals surface area contributed by atoms with E-state index in [0.29, 0.717) is 12.1 Å². The fraction of sp³-hybridized carbons (Fsp3) is 0.118. The second-order valence-corrected chi connectivity index (χ2v) is 6.59. The molecule has 0 amide bonds. The number of anilines is 2. The summed E-state index contributed by atoms with van der Waals surface area (Å²) in [7, 11) is 1.25. The van der Waals surface area contributed by atoms with Crippen molar-refractivity contribution in [2.75, 3.05) is 11.4 Å². The minimum Gasteiger partial charge on any atom is -0.465 e. The molecule has 9 heteroatoms. The third-order valence-electron chi connectivity index (χ3n) is 3.63. The Morgan fingerprint density at radius 3 is 2.54 bits per heavy atom. The molecule has 0 saturated carbocycles. The van der Waals surface area contributed by atoms with Gasteiger partial charge in [-0.2, -0.15) is 8.75 Å². The van der Waals surface area contributed by atoms with Crippen LogP contribution >= 0.6 is 11.7 Å². The van der Waals surface area contributed by atoms with Gasteiger partial charge in [0.2, 0.25) is 0 Å². The van der Waals surface area contributed by atoms with Crippen molar-refractivity contribution in [1.82, 2.24) is 8.75 Å². The number of hydrogen-bond acceptors (Lipinski definition) is 6. The lowest BCUT2D eigenvalue weighted by molar-refractivity contribution is 0.0602. The van der Waals surface area contributed by atoms with E-state index in [-0.39, 0.29) is 17.1 Å². The summed E-state index contributed by atoms with van der Waals surface area (Å²) in [6.45, 7) is 0. The van der Waals surface area contributed by atoms with E-state index in [2.05, 4.69) is 8.75 Å². The quantitative estimate of drug-likeness (QED) is 0.514. The molecule has 0 aliphatic rings. The standard InChI is InChI=1S/C17H15N3O4S2/c1-24-17(21)13-9-5-6-10-15(13)20(26(22)23)16-14(18-25-19-16)11-12-7-3-2-4-8-12/h2-10H,11H2,1H3,(H,22,23). The van der Waals surface area contributed by atoms with Crippen LogP contribution in [0.15, 0.2) is 54.6 Å². The lowest BCUT2D eigenvalue weighted by Crippen LogP contribution is -2.23. The Morgan fingerprint density at radius 2 is 1.85 bits per heavy atom. The number of nitrogens with zero attached hydrogens (tertiary/aromatic N) is 3. The Bertz CT molecular complexity index is 931. The van der Waals surface area contributed by atoms with Gasteiger partial charge in [0.05, 0.1) is 30.1 Å². The Hall–Kier alpha value is -2.62. The summed E-state index contributed by atoms with van der Waals surface area (Å²) in [4.78, 5) is 12.0. The molecule has 1 heterocycles. The lowest BCUT2D eigenvalue weighted by atomic mass is 10.1. The van der Waals surface area contributed by atoms with Crippen molar-refractivity contribution in [2.45, 2.75) is 6.42 Å². The summed E-state index contributed by atoms with van der Waals surface area (Å²) in [6.07, 6.45) is 0.445. The summed E-state index contributed by atoms with van der Waals surface area (Å²) in [5.74, 6) is -0.375. The van der Waals surface area contributed by atoms with E-state index in [0.717, 1.165) is 21.6 Å². The maximum Gasteiger partial charge on any atom is 0.340 e. The molecule has 26 heavy (non-hydrogen) atoms. The summed E-state index contributed by atoms with van der Waals surface area (Å²) in [5.41, 5.74) is 1.92. The molecule has 3 rings (SSSR count). The highest BCUT2D eigenvalue weighted by Gasteiger charge is 2.27. The monoisotopic (exact) mass is 389 g/mol. The van der Waals surface area contributed by atoms with Crippen LogP contribution in [-0.2, 0) is 22.4 Å². The third-order valence-corrected chi connectivity index (χ3v) is 4.87. The fourth-order valence-electron chi connectivity index (χ4n) is 2.46. The van der Waals surface area contributed by atoms with Crippen LogP contribution in [0.2, 0.25) is 0 Å². The van der Waals surface area contributed by atoms with E-state index in [4.69, 9.17) is 4.74 Å². The highest BCUT2D eigenvalue weighted by molar-refractivity contribution is 7.81. The number of methoxy groups -OCH3 is 1. The van der Waals surface area contributed by atoms with Crippen molar-refractivity contribution in [3.8, 4) is 0 Å². The van der Waals surface area contributed by atoms with E-state index >= 15 is 0 Å². The smallest absolute Gasteiger partial charge is 0.340 e. The van der Waals surface area contributed by atoms with Crippen molar-refractivity contribution in [1.29, 1.82) is 0 Å². The van der Waals surface area contributed by atoms with Gasteiger partial charge in [0, 0.05) is 6.42 Å².